The molecule has 0 spiro atoms. The van der Waals surface area contributed by atoms with Gasteiger partial charge >= 0.3 is 6.03 Å². The van der Waals surface area contributed by atoms with Gasteiger partial charge < -0.3 is 4.90 Å². The zero-order chi connectivity index (χ0) is 18.2. The standard InChI is InChI=1S/C18H20N4O3/c1-11-6-4-9-15(19-11)20-17(24)22-10-13-12(16(23)21-25)7-5-8-14(13)18(22,2)3/h4-9,25H,10H2,1-3H3,(H,21,23)(H,19,20,24). The van der Waals surface area contributed by atoms with Gasteiger partial charge in [0, 0.05) is 17.8 Å². The molecule has 1 aliphatic heterocycles. The molecule has 0 atom stereocenters. The summed E-state index contributed by atoms with van der Waals surface area (Å²) < 4.78 is 0. The number of anilines is 1. The number of hydroxylamine groups is 1. The van der Waals surface area contributed by atoms with E-state index in [1.54, 1.807) is 28.6 Å². The third-order valence-electron chi connectivity index (χ3n) is 4.54. The van der Waals surface area contributed by atoms with Crippen LogP contribution >= 0.6 is 0 Å². The van der Waals surface area contributed by atoms with Crippen molar-refractivity contribution < 1.29 is 14.8 Å². The van der Waals surface area contributed by atoms with Crippen molar-refractivity contribution in [2.45, 2.75) is 32.9 Å². The van der Waals surface area contributed by atoms with Crippen LogP contribution in [0.3, 0.4) is 0 Å². The monoisotopic (exact) mass is 340 g/mol. The molecule has 0 saturated heterocycles. The van der Waals surface area contributed by atoms with Crippen molar-refractivity contribution in [1.29, 1.82) is 0 Å². The first-order valence-corrected chi connectivity index (χ1v) is 7.93. The van der Waals surface area contributed by atoms with Crippen LogP contribution in [0.4, 0.5) is 10.6 Å². The van der Waals surface area contributed by atoms with E-state index in [1.165, 1.54) is 0 Å². The summed E-state index contributed by atoms with van der Waals surface area (Å²) in [6.45, 7) is 5.96. The van der Waals surface area contributed by atoms with Crippen LogP contribution in [0.1, 0.15) is 41.0 Å². The molecule has 2 aromatic rings. The minimum Gasteiger partial charge on any atom is -0.311 e. The van der Waals surface area contributed by atoms with E-state index in [4.69, 9.17) is 5.21 Å². The number of amides is 3. The molecule has 2 heterocycles. The van der Waals surface area contributed by atoms with Gasteiger partial charge in [-0.25, -0.2) is 15.3 Å². The molecule has 0 bridgehead atoms. The summed E-state index contributed by atoms with van der Waals surface area (Å²) in [4.78, 5) is 30.6. The average Bonchev–Trinajstić information content (AvgIpc) is 2.85. The first-order valence-electron chi connectivity index (χ1n) is 7.93. The lowest BCUT2D eigenvalue weighted by Crippen LogP contribution is -2.42. The number of carbonyl (C=O) groups is 2. The summed E-state index contributed by atoms with van der Waals surface area (Å²) in [5, 5.41) is 11.7. The Morgan fingerprint density at radius 2 is 1.92 bits per heavy atom. The van der Waals surface area contributed by atoms with Gasteiger partial charge in [0.2, 0.25) is 0 Å². The highest BCUT2D eigenvalue weighted by molar-refractivity contribution is 5.96. The smallest absolute Gasteiger partial charge is 0.311 e. The van der Waals surface area contributed by atoms with Gasteiger partial charge in [0.25, 0.3) is 5.91 Å². The number of rotatable bonds is 2. The van der Waals surface area contributed by atoms with Crippen LogP contribution < -0.4 is 10.8 Å². The molecule has 0 unspecified atom stereocenters. The van der Waals surface area contributed by atoms with Crippen molar-refractivity contribution >= 4 is 17.8 Å². The fourth-order valence-corrected chi connectivity index (χ4v) is 3.22. The number of aryl methyl sites for hydroxylation is 1. The minimum atomic E-state index is -0.602. The number of nitrogens with zero attached hydrogens (tertiary/aromatic N) is 2. The summed E-state index contributed by atoms with van der Waals surface area (Å²) in [5.74, 6) is -0.111. The Bertz CT molecular complexity index is 848. The molecular formula is C18H20N4O3. The Hall–Kier alpha value is -2.93. The molecule has 1 aromatic carbocycles. The Morgan fingerprint density at radius 1 is 1.20 bits per heavy atom. The lowest BCUT2D eigenvalue weighted by atomic mass is 9.91. The van der Waals surface area contributed by atoms with Gasteiger partial charge in [-0.2, -0.15) is 0 Å². The zero-order valence-electron chi connectivity index (χ0n) is 14.3. The molecule has 3 N–H and O–H groups in total. The van der Waals surface area contributed by atoms with E-state index in [1.807, 2.05) is 39.0 Å². The highest BCUT2D eigenvalue weighted by Gasteiger charge is 2.42. The number of pyridine rings is 1. The van der Waals surface area contributed by atoms with E-state index in [-0.39, 0.29) is 12.6 Å². The van der Waals surface area contributed by atoms with Crippen molar-refractivity contribution in [3.05, 3.63) is 58.8 Å². The van der Waals surface area contributed by atoms with Crippen molar-refractivity contribution in [2.75, 3.05) is 5.32 Å². The summed E-state index contributed by atoms with van der Waals surface area (Å²) >= 11 is 0. The Labute approximate surface area is 145 Å². The van der Waals surface area contributed by atoms with Gasteiger partial charge in [0.1, 0.15) is 5.82 Å². The van der Waals surface area contributed by atoms with Crippen molar-refractivity contribution in [1.82, 2.24) is 15.4 Å². The lowest BCUT2D eigenvalue weighted by Gasteiger charge is -2.32. The summed E-state index contributed by atoms with van der Waals surface area (Å²) in [6.07, 6.45) is 0. The molecule has 130 valence electrons. The molecule has 7 heteroatoms. The Balaban J connectivity index is 1.91. The number of aromatic nitrogens is 1. The number of fused-ring (bicyclic) bond motifs is 1. The van der Waals surface area contributed by atoms with E-state index >= 15 is 0 Å². The quantitative estimate of drug-likeness (QED) is 0.579. The second kappa shape index (κ2) is 6.18. The Kier molecular flexibility index (Phi) is 4.18. The molecule has 7 nitrogen and oxygen atoms in total. The van der Waals surface area contributed by atoms with Gasteiger partial charge in [-0.3, -0.25) is 15.3 Å². The number of nitrogens with one attached hydrogen (secondary N) is 2. The molecule has 0 aliphatic carbocycles. The molecular weight excluding hydrogens is 320 g/mol. The maximum Gasteiger partial charge on any atom is 0.324 e. The largest absolute Gasteiger partial charge is 0.324 e. The predicted octanol–water partition coefficient (Wildman–Crippen LogP) is 2.79. The van der Waals surface area contributed by atoms with E-state index in [0.717, 1.165) is 16.8 Å². The zero-order valence-corrected chi connectivity index (χ0v) is 14.3. The molecule has 0 saturated carbocycles. The summed E-state index contributed by atoms with van der Waals surface area (Å²) in [7, 11) is 0. The molecule has 3 rings (SSSR count). The molecule has 1 aromatic heterocycles. The van der Waals surface area contributed by atoms with E-state index < -0.39 is 11.4 Å². The van der Waals surface area contributed by atoms with Gasteiger partial charge in [-0.15, -0.1) is 0 Å². The Morgan fingerprint density at radius 3 is 2.60 bits per heavy atom. The van der Waals surface area contributed by atoms with Gasteiger partial charge in [-0.05, 0) is 50.1 Å². The number of hydrogen-bond acceptors (Lipinski definition) is 4. The summed E-state index contributed by atoms with van der Waals surface area (Å²) in [6, 6.07) is 10.4. The van der Waals surface area contributed by atoms with Crippen LogP contribution in [0.15, 0.2) is 36.4 Å². The average molecular weight is 340 g/mol. The lowest BCUT2D eigenvalue weighted by molar-refractivity contribution is 0.0704. The first-order chi connectivity index (χ1) is 11.8. The minimum absolute atomic E-state index is 0.267. The molecule has 25 heavy (non-hydrogen) atoms. The first kappa shape index (κ1) is 16.9. The SMILES string of the molecule is Cc1cccc(NC(=O)N2Cc3c(C(=O)NO)cccc3C2(C)C)n1. The second-order valence-corrected chi connectivity index (χ2v) is 6.51. The predicted molar refractivity (Wildman–Crippen MR) is 92.3 cm³/mol. The molecule has 0 fully saturated rings. The molecule has 0 radical (unpaired) electrons. The summed E-state index contributed by atoms with van der Waals surface area (Å²) in [5.41, 5.74) is 3.83. The van der Waals surface area contributed by atoms with Crippen LogP contribution in [-0.2, 0) is 12.1 Å². The number of urea groups is 1. The van der Waals surface area contributed by atoms with Crippen LogP contribution in [0.2, 0.25) is 0 Å². The van der Waals surface area contributed by atoms with Crippen LogP contribution in [0.5, 0.6) is 0 Å². The maximum absolute atomic E-state index is 12.8. The molecule has 3 amide bonds. The van der Waals surface area contributed by atoms with Gasteiger partial charge in [0.15, 0.2) is 0 Å². The van der Waals surface area contributed by atoms with Crippen molar-refractivity contribution in [3.8, 4) is 0 Å². The topological polar surface area (TPSA) is 94.6 Å². The third kappa shape index (κ3) is 2.94. The van der Waals surface area contributed by atoms with Crippen LogP contribution in [0.25, 0.3) is 0 Å². The highest BCUT2D eigenvalue weighted by atomic mass is 16.5. The highest BCUT2D eigenvalue weighted by Crippen LogP contribution is 2.40. The normalized spacial score (nSPS) is 14.8. The van der Waals surface area contributed by atoms with Crippen molar-refractivity contribution in [3.63, 3.8) is 0 Å². The van der Waals surface area contributed by atoms with E-state index in [2.05, 4.69) is 10.3 Å². The second-order valence-electron chi connectivity index (χ2n) is 6.51. The fraction of sp³-hybridized carbons (Fsp3) is 0.278. The van der Waals surface area contributed by atoms with Gasteiger partial charge in [-0.1, -0.05) is 18.2 Å². The van der Waals surface area contributed by atoms with Gasteiger partial charge in [0.05, 0.1) is 5.54 Å². The van der Waals surface area contributed by atoms with E-state index in [9.17, 15) is 9.59 Å². The fourth-order valence-electron chi connectivity index (χ4n) is 3.22. The molecule has 1 aliphatic rings. The van der Waals surface area contributed by atoms with E-state index in [0.29, 0.717) is 11.4 Å². The number of carbonyl (C=O) groups excluding carboxylic acids is 2. The maximum atomic E-state index is 12.8. The number of benzene rings is 1. The van der Waals surface area contributed by atoms with Crippen LogP contribution in [-0.4, -0.2) is 27.0 Å². The number of hydrogen-bond donors (Lipinski definition) is 3. The third-order valence-corrected chi connectivity index (χ3v) is 4.54. The van der Waals surface area contributed by atoms with Crippen molar-refractivity contribution in [2.24, 2.45) is 0 Å². The van der Waals surface area contributed by atoms with Crippen LogP contribution in [0, 0.1) is 6.92 Å².